The lowest BCUT2D eigenvalue weighted by atomic mass is 10.1. The van der Waals surface area contributed by atoms with Crippen molar-refractivity contribution < 1.29 is 4.79 Å². The first-order valence-corrected chi connectivity index (χ1v) is 6.59. The number of hydrogen-bond donors (Lipinski definition) is 3. The van der Waals surface area contributed by atoms with Crippen molar-refractivity contribution >= 4 is 16.8 Å². The van der Waals surface area contributed by atoms with Crippen LogP contribution in [0.3, 0.4) is 0 Å². The molecule has 0 saturated heterocycles. The van der Waals surface area contributed by atoms with Gasteiger partial charge in [-0.05, 0) is 25.0 Å². The molecule has 0 atom stereocenters. The van der Waals surface area contributed by atoms with E-state index >= 15 is 0 Å². The number of carbonyl (C=O) groups excluding carboxylic acids is 1. The smallest absolute Gasteiger partial charge is 0.271 e. The maximum Gasteiger partial charge on any atom is 0.271 e. The van der Waals surface area contributed by atoms with Crippen LogP contribution in [0.15, 0.2) is 36.8 Å². The van der Waals surface area contributed by atoms with E-state index in [0.717, 1.165) is 17.6 Å². The summed E-state index contributed by atoms with van der Waals surface area (Å²) in [5, 5.41) is 4.10. The summed E-state index contributed by atoms with van der Waals surface area (Å²) in [6, 6.07) is 8.15. The van der Waals surface area contributed by atoms with Gasteiger partial charge in [0.05, 0.1) is 6.33 Å². The summed E-state index contributed by atoms with van der Waals surface area (Å²) in [6.07, 6.45) is 4.32. The summed E-state index contributed by atoms with van der Waals surface area (Å²) < 4.78 is 0. The summed E-state index contributed by atoms with van der Waals surface area (Å²) in [5.41, 5.74) is 3.58. The molecule has 0 fully saturated rings. The SMILES string of the molecule is Cc1[nH]cnc1C(=O)NCCc1c[nH]c2ccccc12. The molecule has 2 heterocycles. The van der Waals surface area contributed by atoms with Crippen LogP contribution in [0.1, 0.15) is 21.7 Å². The van der Waals surface area contributed by atoms with E-state index in [1.807, 2.05) is 31.3 Å². The molecule has 0 saturated carbocycles. The quantitative estimate of drug-likeness (QED) is 0.678. The number of imidazole rings is 1. The third-order valence-corrected chi connectivity index (χ3v) is 3.40. The van der Waals surface area contributed by atoms with Crippen LogP contribution in [0.4, 0.5) is 0 Å². The van der Waals surface area contributed by atoms with Crippen molar-refractivity contribution in [2.24, 2.45) is 0 Å². The van der Waals surface area contributed by atoms with Gasteiger partial charge in [-0.2, -0.15) is 0 Å². The zero-order valence-electron chi connectivity index (χ0n) is 11.2. The van der Waals surface area contributed by atoms with Gasteiger partial charge in [0.25, 0.3) is 5.91 Å². The number of nitrogens with one attached hydrogen (secondary N) is 3. The lowest BCUT2D eigenvalue weighted by Gasteiger charge is -2.03. The van der Waals surface area contributed by atoms with E-state index in [1.165, 1.54) is 17.3 Å². The number of aromatic amines is 2. The molecule has 102 valence electrons. The van der Waals surface area contributed by atoms with Crippen molar-refractivity contribution in [2.75, 3.05) is 6.54 Å². The highest BCUT2D eigenvalue weighted by Crippen LogP contribution is 2.17. The molecule has 3 rings (SSSR count). The molecule has 1 aromatic carbocycles. The first-order chi connectivity index (χ1) is 9.75. The minimum Gasteiger partial charge on any atom is -0.361 e. The van der Waals surface area contributed by atoms with Gasteiger partial charge in [-0.3, -0.25) is 4.79 Å². The third-order valence-electron chi connectivity index (χ3n) is 3.40. The fourth-order valence-electron chi connectivity index (χ4n) is 2.32. The fraction of sp³-hybridized carbons (Fsp3) is 0.200. The Kier molecular flexibility index (Phi) is 3.25. The Balaban J connectivity index is 1.63. The fourth-order valence-corrected chi connectivity index (χ4v) is 2.32. The number of carbonyl (C=O) groups is 1. The van der Waals surface area contributed by atoms with Crippen LogP contribution in [0.5, 0.6) is 0 Å². The average Bonchev–Trinajstić information content (AvgIpc) is 3.05. The molecule has 0 aliphatic rings. The molecule has 0 radical (unpaired) electrons. The Bertz CT molecular complexity index is 741. The van der Waals surface area contributed by atoms with E-state index < -0.39 is 0 Å². The highest BCUT2D eigenvalue weighted by molar-refractivity contribution is 5.93. The van der Waals surface area contributed by atoms with Crippen LogP contribution in [-0.4, -0.2) is 27.4 Å². The van der Waals surface area contributed by atoms with Crippen molar-refractivity contribution in [3.63, 3.8) is 0 Å². The van der Waals surface area contributed by atoms with E-state index in [0.29, 0.717) is 12.2 Å². The van der Waals surface area contributed by atoms with Gasteiger partial charge >= 0.3 is 0 Å². The molecule has 3 aromatic rings. The van der Waals surface area contributed by atoms with Crippen molar-refractivity contribution in [2.45, 2.75) is 13.3 Å². The zero-order chi connectivity index (χ0) is 13.9. The number of aryl methyl sites for hydroxylation is 1. The molecule has 5 heteroatoms. The van der Waals surface area contributed by atoms with Crippen LogP contribution < -0.4 is 5.32 Å². The molecule has 1 amide bonds. The van der Waals surface area contributed by atoms with Crippen LogP contribution in [0.25, 0.3) is 10.9 Å². The molecular weight excluding hydrogens is 252 g/mol. The summed E-state index contributed by atoms with van der Waals surface area (Å²) >= 11 is 0. The zero-order valence-corrected chi connectivity index (χ0v) is 11.2. The molecule has 3 N–H and O–H groups in total. The lowest BCUT2D eigenvalue weighted by molar-refractivity contribution is 0.0949. The van der Waals surface area contributed by atoms with Crippen molar-refractivity contribution in [3.8, 4) is 0 Å². The molecule has 20 heavy (non-hydrogen) atoms. The number of H-pyrrole nitrogens is 2. The summed E-state index contributed by atoms with van der Waals surface area (Å²) in [6.45, 7) is 2.43. The second-order valence-electron chi connectivity index (χ2n) is 4.74. The van der Waals surface area contributed by atoms with E-state index in [-0.39, 0.29) is 5.91 Å². The predicted octanol–water partition coefficient (Wildman–Crippen LogP) is 2.17. The third kappa shape index (κ3) is 2.30. The first kappa shape index (κ1) is 12.5. The summed E-state index contributed by atoms with van der Waals surface area (Å²) in [5.74, 6) is -0.136. The first-order valence-electron chi connectivity index (χ1n) is 6.59. The molecule has 2 aromatic heterocycles. The second-order valence-corrected chi connectivity index (χ2v) is 4.74. The van der Waals surface area contributed by atoms with E-state index in [2.05, 4.69) is 26.3 Å². The maximum absolute atomic E-state index is 11.9. The van der Waals surface area contributed by atoms with Gasteiger partial charge in [0.15, 0.2) is 0 Å². The molecule has 0 unspecified atom stereocenters. The van der Waals surface area contributed by atoms with Gasteiger partial charge in [-0.1, -0.05) is 18.2 Å². The molecule has 0 spiro atoms. The normalized spacial score (nSPS) is 10.8. The van der Waals surface area contributed by atoms with Crippen molar-refractivity contribution in [3.05, 3.63) is 53.7 Å². The number of para-hydroxylation sites is 1. The van der Waals surface area contributed by atoms with Crippen molar-refractivity contribution in [1.82, 2.24) is 20.3 Å². The minimum atomic E-state index is -0.136. The number of aromatic nitrogens is 3. The van der Waals surface area contributed by atoms with Gasteiger partial charge in [0.2, 0.25) is 0 Å². The van der Waals surface area contributed by atoms with Gasteiger partial charge in [0.1, 0.15) is 5.69 Å². The van der Waals surface area contributed by atoms with Crippen LogP contribution in [0, 0.1) is 6.92 Å². The highest BCUT2D eigenvalue weighted by atomic mass is 16.1. The summed E-state index contributed by atoms with van der Waals surface area (Å²) in [7, 11) is 0. The topological polar surface area (TPSA) is 73.6 Å². The number of hydrogen-bond acceptors (Lipinski definition) is 2. The van der Waals surface area contributed by atoms with Gasteiger partial charge < -0.3 is 15.3 Å². The highest BCUT2D eigenvalue weighted by Gasteiger charge is 2.11. The van der Waals surface area contributed by atoms with Gasteiger partial charge in [-0.25, -0.2) is 4.98 Å². The Morgan fingerprint density at radius 3 is 2.95 bits per heavy atom. The number of nitrogens with zero attached hydrogens (tertiary/aromatic N) is 1. The summed E-state index contributed by atoms with van der Waals surface area (Å²) in [4.78, 5) is 22.1. The molecular formula is C15H16N4O. The standard InChI is InChI=1S/C15H16N4O/c1-10-14(19-9-18-10)15(20)16-7-6-11-8-17-13-5-3-2-4-12(11)13/h2-5,8-9,17H,6-7H2,1H3,(H,16,20)(H,18,19). The van der Waals surface area contributed by atoms with Crippen molar-refractivity contribution in [1.29, 1.82) is 0 Å². The second kappa shape index (κ2) is 5.21. The number of amides is 1. The molecule has 0 aliphatic carbocycles. The monoisotopic (exact) mass is 268 g/mol. The van der Waals surface area contributed by atoms with Crippen LogP contribution >= 0.6 is 0 Å². The largest absolute Gasteiger partial charge is 0.361 e. The Labute approximate surface area is 116 Å². The maximum atomic E-state index is 11.9. The van der Waals surface area contributed by atoms with E-state index in [4.69, 9.17) is 0 Å². The average molecular weight is 268 g/mol. The Hall–Kier alpha value is -2.56. The molecule has 0 aliphatic heterocycles. The van der Waals surface area contributed by atoms with E-state index in [9.17, 15) is 4.79 Å². The number of benzene rings is 1. The van der Waals surface area contributed by atoms with Crippen LogP contribution in [0.2, 0.25) is 0 Å². The Morgan fingerprint density at radius 1 is 1.30 bits per heavy atom. The Morgan fingerprint density at radius 2 is 2.15 bits per heavy atom. The molecule has 0 bridgehead atoms. The van der Waals surface area contributed by atoms with Crippen LogP contribution in [-0.2, 0) is 6.42 Å². The van der Waals surface area contributed by atoms with Gasteiger partial charge in [-0.15, -0.1) is 0 Å². The number of fused-ring (bicyclic) bond motifs is 1. The van der Waals surface area contributed by atoms with Gasteiger partial charge in [0, 0.05) is 29.3 Å². The van der Waals surface area contributed by atoms with E-state index in [1.54, 1.807) is 0 Å². The minimum absolute atomic E-state index is 0.136. The number of rotatable bonds is 4. The lowest BCUT2D eigenvalue weighted by Crippen LogP contribution is -2.26. The predicted molar refractivity (Wildman–Crippen MR) is 77.7 cm³/mol. The molecule has 5 nitrogen and oxygen atoms in total.